The molecule has 0 aromatic heterocycles. The lowest BCUT2D eigenvalue weighted by Crippen LogP contribution is -2.08. The van der Waals surface area contributed by atoms with Crippen LogP contribution in [0.4, 0.5) is 11.4 Å². The second-order valence-corrected chi connectivity index (χ2v) is 4.96. The summed E-state index contributed by atoms with van der Waals surface area (Å²) in [6, 6.07) is 13.3. The molecule has 0 saturated carbocycles. The Morgan fingerprint density at radius 1 is 1.16 bits per heavy atom. The molecule has 0 aliphatic carbocycles. The number of nitrogens with two attached hydrogens (primary N) is 1. The molecule has 2 aromatic rings. The number of nitrogen functional groups attached to an aromatic ring is 1. The first-order chi connectivity index (χ1) is 9.06. The average molecular weight is 277 g/mol. The highest BCUT2D eigenvalue weighted by molar-refractivity contribution is 6.30. The molecule has 2 rings (SSSR count). The molecule has 0 amide bonds. The number of hydrogen-bond donors (Lipinski definition) is 1. The van der Waals surface area contributed by atoms with Crippen molar-refractivity contribution < 1.29 is 4.74 Å². The first-order valence-electron chi connectivity index (χ1n) is 6.00. The molecule has 0 radical (unpaired) electrons. The maximum absolute atomic E-state index is 5.95. The van der Waals surface area contributed by atoms with Crippen LogP contribution in [0.1, 0.15) is 5.56 Å². The third-order valence-electron chi connectivity index (χ3n) is 2.83. The van der Waals surface area contributed by atoms with Gasteiger partial charge >= 0.3 is 0 Å². The Morgan fingerprint density at radius 3 is 2.68 bits per heavy atom. The van der Waals surface area contributed by atoms with E-state index in [1.165, 1.54) is 0 Å². The zero-order valence-corrected chi connectivity index (χ0v) is 11.8. The van der Waals surface area contributed by atoms with Crippen LogP contribution in [-0.4, -0.2) is 14.1 Å². The molecule has 19 heavy (non-hydrogen) atoms. The number of rotatable bonds is 4. The zero-order chi connectivity index (χ0) is 13.8. The highest BCUT2D eigenvalue weighted by Crippen LogP contribution is 2.23. The SMILES string of the molecule is CN(C)c1cccc(OCc2cc(Cl)ccc2N)c1. The lowest BCUT2D eigenvalue weighted by Gasteiger charge is -2.14. The first kappa shape index (κ1) is 13.6. The molecule has 0 aliphatic rings. The number of nitrogens with zero attached hydrogens (tertiary/aromatic N) is 1. The third kappa shape index (κ3) is 3.55. The average Bonchev–Trinajstić information content (AvgIpc) is 2.40. The van der Waals surface area contributed by atoms with E-state index in [2.05, 4.69) is 0 Å². The van der Waals surface area contributed by atoms with Gasteiger partial charge in [-0.3, -0.25) is 0 Å². The van der Waals surface area contributed by atoms with Gasteiger partial charge in [0.1, 0.15) is 12.4 Å². The minimum absolute atomic E-state index is 0.406. The molecule has 0 aliphatic heterocycles. The second-order valence-electron chi connectivity index (χ2n) is 4.52. The Kier molecular flexibility index (Phi) is 4.17. The Hall–Kier alpha value is -1.87. The second kappa shape index (κ2) is 5.85. The monoisotopic (exact) mass is 276 g/mol. The molecule has 0 bridgehead atoms. The largest absolute Gasteiger partial charge is 0.489 e. The molecule has 0 spiro atoms. The molecule has 2 aromatic carbocycles. The minimum atomic E-state index is 0.406. The van der Waals surface area contributed by atoms with Crippen molar-refractivity contribution in [3.63, 3.8) is 0 Å². The summed E-state index contributed by atoms with van der Waals surface area (Å²) in [5.41, 5.74) is 8.56. The zero-order valence-electron chi connectivity index (χ0n) is 11.1. The van der Waals surface area contributed by atoms with Gasteiger partial charge in [0.2, 0.25) is 0 Å². The fourth-order valence-electron chi connectivity index (χ4n) is 1.71. The lowest BCUT2D eigenvalue weighted by molar-refractivity contribution is 0.307. The van der Waals surface area contributed by atoms with Crippen molar-refractivity contribution in [3.05, 3.63) is 53.1 Å². The maximum atomic E-state index is 5.95. The van der Waals surface area contributed by atoms with Gasteiger partial charge in [-0.2, -0.15) is 0 Å². The third-order valence-corrected chi connectivity index (χ3v) is 3.07. The number of benzene rings is 2. The number of halogens is 1. The quantitative estimate of drug-likeness (QED) is 0.868. The molecule has 0 fully saturated rings. The van der Waals surface area contributed by atoms with Crippen molar-refractivity contribution in [1.82, 2.24) is 0 Å². The molecule has 0 atom stereocenters. The highest BCUT2D eigenvalue weighted by Gasteiger charge is 2.03. The summed E-state index contributed by atoms with van der Waals surface area (Å²) < 4.78 is 5.75. The van der Waals surface area contributed by atoms with Crippen LogP contribution in [0.2, 0.25) is 5.02 Å². The van der Waals surface area contributed by atoms with Gasteiger partial charge in [-0.1, -0.05) is 17.7 Å². The Labute approximate surface area is 118 Å². The normalized spacial score (nSPS) is 10.3. The number of hydrogen-bond acceptors (Lipinski definition) is 3. The van der Waals surface area contributed by atoms with Gasteiger partial charge in [0.25, 0.3) is 0 Å². The summed E-state index contributed by atoms with van der Waals surface area (Å²) >= 11 is 5.95. The Bertz CT molecular complexity index is 570. The summed E-state index contributed by atoms with van der Waals surface area (Å²) in [7, 11) is 3.99. The number of ether oxygens (including phenoxy) is 1. The van der Waals surface area contributed by atoms with Crippen LogP contribution < -0.4 is 15.4 Å². The van der Waals surface area contributed by atoms with Crippen LogP contribution in [-0.2, 0) is 6.61 Å². The van der Waals surface area contributed by atoms with Crippen LogP contribution in [0.3, 0.4) is 0 Å². The predicted octanol–water partition coefficient (Wildman–Crippen LogP) is 3.57. The molecule has 100 valence electrons. The summed E-state index contributed by atoms with van der Waals surface area (Å²) in [6.45, 7) is 0.406. The smallest absolute Gasteiger partial charge is 0.121 e. The van der Waals surface area contributed by atoms with E-state index in [1.54, 1.807) is 12.1 Å². The van der Waals surface area contributed by atoms with E-state index < -0.39 is 0 Å². The van der Waals surface area contributed by atoms with E-state index in [0.717, 1.165) is 17.0 Å². The minimum Gasteiger partial charge on any atom is -0.489 e. The molecule has 4 heteroatoms. The van der Waals surface area contributed by atoms with Crippen LogP contribution in [0.5, 0.6) is 5.75 Å². The van der Waals surface area contributed by atoms with E-state index in [9.17, 15) is 0 Å². The molecule has 0 heterocycles. The van der Waals surface area contributed by atoms with Gasteiger partial charge in [-0.15, -0.1) is 0 Å². The van der Waals surface area contributed by atoms with Crippen LogP contribution in [0.25, 0.3) is 0 Å². The topological polar surface area (TPSA) is 38.5 Å². The van der Waals surface area contributed by atoms with Crippen molar-refractivity contribution >= 4 is 23.0 Å². The summed E-state index contributed by atoms with van der Waals surface area (Å²) in [6.07, 6.45) is 0. The first-order valence-corrected chi connectivity index (χ1v) is 6.38. The van der Waals surface area contributed by atoms with Gasteiger partial charge in [-0.05, 0) is 30.3 Å². The molecular formula is C15H17ClN2O. The van der Waals surface area contributed by atoms with E-state index in [0.29, 0.717) is 17.3 Å². The van der Waals surface area contributed by atoms with Crippen LogP contribution in [0, 0.1) is 0 Å². The van der Waals surface area contributed by atoms with Gasteiger partial charge in [0, 0.05) is 42.1 Å². The Morgan fingerprint density at radius 2 is 1.95 bits per heavy atom. The summed E-state index contributed by atoms with van der Waals surface area (Å²) in [5, 5.41) is 0.662. The van der Waals surface area contributed by atoms with E-state index in [1.807, 2.05) is 49.3 Å². The van der Waals surface area contributed by atoms with Crippen molar-refractivity contribution in [3.8, 4) is 5.75 Å². The molecule has 3 nitrogen and oxygen atoms in total. The fourth-order valence-corrected chi connectivity index (χ4v) is 1.91. The molecule has 0 saturated heterocycles. The fraction of sp³-hybridized carbons (Fsp3) is 0.200. The lowest BCUT2D eigenvalue weighted by atomic mass is 10.2. The van der Waals surface area contributed by atoms with Crippen molar-refractivity contribution in [2.24, 2.45) is 0 Å². The van der Waals surface area contributed by atoms with Crippen LogP contribution >= 0.6 is 11.6 Å². The van der Waals surface area contributed by atoms with E-state index in [-0.39, 0.29) is 0 Å². The van der Waals surface area contributed by atoms with E-state index >= 15 is 0 Å². The highest BCUT2D eigenvalue weighted by atomic mass is 35.5. The molecular weight excluding hydrogens is 260 g/mol. The standard InChI is InChI=1S/C15H17ClN2O/c1-18(2)13-4-3-5-14(9-13)19-10-11-8-12(16)6-7-15(11)17/h3-9H,10,17H2,1-2H3. The van der Waals surface area contributed by atoms with Gasteiger partial charge in [-0.25, -0.2) is 0 Å². The van der Waals surface area contributed by atoms with Crippen molar-refractivity contribution in [2.45, 2.75) is 6.61 Å². The van der Waals surface area contributed by atoms with Gasteiger partial charge in [0.05, 0.1) is 0 Å². The van der Waals surface area contributed by atoms with Crippen LogP contribution in [0.15, 0.2) is 42.5 Å². The molecule has 2 N–H and O–H groups in total. The Balaban J connectivity index is 2.10. The van der Waals surface area contributed by atoms with Gasteiger partial charge < -0.3 is 15.4 Å². The van der Waals surface area contributed by atoms with Crippen molar-refractivity contribution in [2.75, 3.05) is 24.7 Å². The summed E-state index contributed by atoms with van der Waals surface area (Å²) in [5.74, 6) is 0.811. The number of anilines is 2. The molecule has 0 unspecified atom stereocenters. The van der Waals surface area contributed by atoms with E-state index in [4.69, 9.17) is 22.1 Å². The summed E-state index contributed by atoms with van der Waals surface area (Å²) in [4.78, 5) is 2.03. The maximum Gasteiger partial charge on any atom is 0.121 e. The van der Waals surface area contributed by atoms with Gasteiger partial charge in [0.15, 0.2) is 0 Å². The predicted molar refractivity (Wildman–Crippen MR) is 81.0 cm³/mol. The van der Waals surface area contributed by atoms with Crippen molar-refractivity contribution in [1.29, 1.82) is 0 Å².